The SMILES string of the molecule is COc1ccc(C(=O)c2ccc(C)c(C)c2)c(N)c1. The number of hydrogen-bond acceptors (Lipinski definition) is 3. The van der Waals surface area contributed by atoms with Gasteiger partial charge < -0.3 is 10.5 Å². The molecule has 2 rings (SSSR count). The average molecular weight is 255 g/mol. The molecule has 2 aromatic carbocycles. The lowest BCUT2D eigenvalue weighted by atomic mass is 9.98. The quantitative estimate of drug-likeness (QED) is 0.677. The van der Waals surface area contributed by atoms with E-state index in [0.29, 0.717) is 22.6 Å². The van der Waals surface area contributed by atoms with E-state index in [0.717, 1.165) is 5.56 Å². The van der Waals surface area contributed by atoms with Gasteiger partial charge in [-0.1, -0.05) is 12.1 Å². The van der Waals surface area contributed by atoms with Gasteiger partial charge in [-0.05, 0) is 43.2 Å². The summed E-state index contributed by atoms with van der Waals surface area (Å²) >= 11 is 0. The Morgan fingerprint density at radius 2 is 1.79 bits per heavy atom. The maximum atomic E-state index is 12.4. The van der Waals surface area contributed by atoms with Crippen LogP contribution in [0, 0.1) is 13.8 Å². The molecule has 2 N–H and O–H groups in total. The molecule has 0 aliphatic heterocycles. The smallest absolute Gasteiger partial charge is 0.195 e. The third-order valence-electron chi connectivity index (χ3n) is 3.27. The summed E-state index contributed by atoms with van der Waals surface area (Å²) in [6.45, 7) is 4.01. The predicted molar refractivity (Wildman–Crippen MR) is 76.8 cm³/mol. The molecule has 0 fully saturated rings. The van der Waals surface area contributed by atoms with E-state index >= 15 is 0 Å². The van der Waals surface area contributed by atoms with E-state index < -0.39 is 0 Å². The molecule has 0 spiro atoms. The first-order valence-electron chi connectivity index (χ1n) is 6.08. The van der Waals surface area contributed by atoms with Crippen molar-refractivity contribution in [3.63, 3.8) is 0 Å². The zero-order chi connectivity index (χ0) is 14.0. The van der Waals surface area contributed by atoms with Gasteiger partial charge in [0.05, 0.1) is 7.11 Å². The van der Waals surface area contributed by atoms with Crippen LogP contribution < -0.4 is 10.5 Å². The molecule has 3 heteroatoms. The number of aryl methyl sites for hydroxylation is 2. The van der Waals surface area contributed by atoms with Gasteiger partial charge in [0, 0.05) is 22.9 Å². The first-order valence-corrected chi connectivity index (χ1v) is 6.08. The lowest BCUT2D eigenvalue weighted by molar-refractivity contribution is 0.103. The van der Waals surface area contributed by atoms with Gasteiger partial charge in [0.1, 0.15) is 5.75 Å². The summed E-state index contributed by atoms with van der Waals surface area (Å²) < 4.78 is 5.08. The molecule has 0 saturated carbocycles. The van der Waals surface area contributed by atoms with Crippen LogP contribution in [0.5, 0.6) is 5.75 Å². The van der Waals surface area contributed by atoms with Gasteiger partial charge in [0.15, 0.2) is 5.78 Å². The van der Waals surface area contributed by atoms with Crippen molar-refractivity contribution in [3.05, 3.63) is 58.7 Å². The van der Waals surface area contributed by atoms with Gasteiger partial charge in [-0.15, -0.1) is 0 Å². The van der Waals surface area contributed by atoms with Crippen molar-refractivity contribution in [1.29, 1.82) is 0 Å². The molecule has 3 nitrogen and oxygen atoms in total. The van der Waals surface area contributed by atoms with Gasteiger partial charge in [0.2, 0.25) is 0 Å². The van der Waals surface area contributed by atoms with Crippen molar-refractivity contribution in [2.45, 2.75) is 13.8 Å². The molecule has 0 heterocycles. The Bertz CT molecular complexity index is 633. The summed E-state index contributed by atoms with van der Waals surface area (Å²) in [5.41, 5.74) is 9.75. The van der Waals surface area contributed by atoms with Gasteiger partial charge in [-0.2, -0.15) is 0 Å². The fraction of sp³-hybridized carbons (Fsp3) is 0.188. The van der Waals surface area contributed by atoms with E-state index in [9.17, 15) is 4.79 Å². The molecule has 0 unspecified atom stereocenters. The van der Waals surface area contributed by atoms with Crippen LogP contribution in [-0.2, 0) is 0 Å². The number of carbonyl (C=O) groups excluding carboxylic acids is 1. The second kappa shape index (κ2) is 5.14. The molecule has 2 aromatic rings. The van der Waals surface area contributed by atoms with Crippen LogP contribution in [0.3, 0.4) is 0 Å². The van der Waals surface area contributed by atoms with Crippen LogP contribution in [0.15, 0.2) is 36.4 Å². The Balaban J connectivity index is 2.41. The maximum absolute atomic E-state index is 12.4. The fourth-order valence-electron chi connectivity index (χ4n) is 1.91. The number of methoxy groups -OCH3 is 1. The number of nitrogens with two attached hydrogens (primary N) is 1. The minimum Gasteiger partial charge on any atom is -0.497 e. The average Bonchev–Trinajstić information content (AvgIpc) is 2.41. The highest BCUT2D eigenvalue weighted by atomic mass is 16.5. The number of benzene rings is 2. The number of hydrogen-bond donors (Lipinski definition) is 1. The van der Waals surface area contributed by atoms with E-state index in [2.05, 4.69) is 0 Å². The minimum absolute atomic E-state index is 0.0664. The van der Waals surface area contributed by atoms with E-state index in [1.54, 1.807) is 25.3 Å². The van der Waals surface area contributed by atoms with Crippen LogP contribution in [0.2, 0.25) is 0 Å². The molecule has 0 aliphatic rings. The van der Waals surface area contributed by atoms with Crippen molar-refractivity contribution >= 4 is 11.5 Å². The van der Waals surface area contributed by atoms with Gasteiger partial charge in [-0.3, -0.25) is 4.79 Å². The Morgan fingerprint density at radius 1 is 1.05 bits per heavy atom. The highest BCUT2D eigenvalue weighted by molar-refractivity contribution is 6.12. The van der Waals surface area contributed by atoms with Crippen LogP contribution in [-0.4, -0.2) is 12.9 Å². The zero-order valence-corrected chi connectivity index (χ0v) is 11.4. The normalized spacial score (nSPS) is 10.3. The molecule has 0 aliphatic carbocycles. The summed E-state index contributed by atoms with van der Waals surface area (Å²) in [7, 11) is 1.57. The molecule has 0 bridgehead atoms. The van der Waals surface area contributed by atoms with Crippen molar-refractivity contribution in [2.24, 2.45) is 0 Å². The van der Waals surface area contributed by atoms with Crippen LogP contribution in [0.4, 0.5) is 5.69 Å². The van der Waals surface area contributed by atoms with Crippen LogP contribution >= 0.6 is 0 Å². The Hall–Kier alpha value is -2.29. The van der Waals surface area contributed by atoms with E-state index in [4.69, 9.17) is 10.5 Å². The molecule has 19 heavy (non-hydrogen) atoms. The second-order valence-corrected chi connectivity index (χ2v) is 4.58. The molecular weight excluding hydrogens is 238 g/mol. The van der Waals surface area contributed by atoms with E-state index in [-0.39, 0.29) is 5.78 Å². The lowest BCUT2D eigenvalue weighted by Crippen LogP contribution is -2.06. The fourth-order valence-corrected chi connectivity index (χ4v) is 1.91. The largest absolute Gasteiger partial charge is 0.497 e. The first kappa shape index (κ1) is 13.1. The third kappa shape index (κ3) is 2.60. The molecule has 98 valence electrons. The monoisotopic (exact) mass is 255 g/mol. The van der Waals surface area contributed by atoms with E-state index in [1.807, 2.05) is 32.0 Å². The van der Waals surface area contributed by atoms with Gasteiger partial charge >= 0.3 is 0 Å². The third-order valence-corrected chi connectivity index (χ3v) is 3.27. The van der Waals surface area contributed by atoms with Gasteiger partial charge in [0.25, 0.3) is 0 Å². The highest BCUT2D eigenvalue weighted by Gasteiger charge is 2.13. The Labute approximate surface area is 113 Å². The number of anilines is 1. The van der Waals surface area contributed by atoms with Crippen LogP contribution in [0.1, 0.15) is 27.0 Å². The molecule has 0 atom stereocenters. The molecule has 0 aromatic heterocycles. The summed E-state index contributed by atoms with van der Waals surface area (Å²) in [4.78, 5) is 12.4. The summed E-state index contributed by atoms with van der Waals surface area (Å²) in [6.07, 6.45) is 0. The standard InChI is InChI=1S/C16H17NO2/c1-10-4-5-12(8-11(10)2)16(18)14-7-6-13(19-3)9-15(14)17/h4-9H,17H2,1-3H3. The number of nitrogen functional groups attached to an aromatic ring is 1. The van der Waals surface area contributed by atoms with Crippen LogP contribution in [0.25, 0.3) is 0 Å². The number of ketones is 1. The lowest BCUT2D eigenvalue weighted by Gasteiger charge is -2.08. The van der Waals surface area contributed by atoms with Crippen molar-refractivity contribution < 1.29 is 9.53 Å². The maximum Gasteiger partial charge on any atom is 0.195 e. The number of ether oxygens (including phenoxy) is 1. The van der Waals surface area contributed by atoms with Crippen molar-refractivity contribution in [2.75, 3.05) is 12.8 Å². The van der Waals surface area contributed by atoms with Crippen molar-refractivity contribution in [3.8, 4) is 5.75 Å². The molecule has 0 amide bonds. The summed E-state index contributed by atoms with van der Waals surface area (Å²) in [5, 5.41) is 0. The Kier molecular flexibility index (Phi) is 3.56. The van der Waals surface area contributed by atoms with E-state index in [1.165, 1.54) is 5.56 Å². The Morgan fingerprint density at radius 3 is 2.37 bits per heavy atom. The number of rotatable bonds is 3. The molecule has 0 saturated heterocycles. The molecule has 0 radical (unpaired) electrons. The van der Waals surface area contributed by atoms with Crippen molar-refractivity contribution in [1.82, 2.24) is 0 Å². The second-order valence-electron chi connectivity index (χ2n) is 4.58. The summed E-state index contributed by atoms with van der Waals surface area (Å²) in [6, 6.07) is 10.8. The molecular formula is C16H17NO2. The summed E-state index contributed by atoms with van der Waals surface area (Å²) in [5.74, 6) is 0.581. The predicted octanol–water partition coefficient (Wildman–Crippen LogP) is 3.13. The zero-order valence-electron chi connectivity index (χ0n) is 11.4. The first-order chi connectivity index (χ1) is 9.02. The number of carbonyl (C=O) groups is 1. The highest BCUT2D eigenvalue weighted by Crippen LogP contribution is 2.23. The van der Waals surface area contributed by atoms with Gasteiger partial charge in [-0.25, -0.2) is 0 Å². The minimum atomic E-state index is -0.0664. The topological polar surface area (TPSA) is 52.3 Å².